The summed E-state index contributed by atoms with van der Waals surface area (Å²) in [6.45, 7) is 0.512. The molecule has 0 bridgehead atoms. The van der Waals surface area contributed by atoms with Gasteiger partial charge in [-0.3, -0.25) is 9.59 Å². The minimum Gasteiger partial charge on any atom is -0.481 e. The molecule has 0 saturated heterocycles. The number of aliphatic carboxylic acids is 1. The number of carbonyl (C=O) groups excluding carboxylic acids is 1. The van der Waals surface area contributed by atoms with Gasteiger partial charge in [-0.15, -0.1) is 11.8 Å². The fourth-order valence-corrected chi connectivity index (χ4v) is 2.31. The molecule has 0 aliphatic rings. The summed E-state index contributed by atoms with van der Waals surface area (Å²) in [6, 6.07) is 7.61. The highest BCUT2D eigenvalue weighted by molar-refractivity contribution is 7.99. The summed E-state index contributed by atoms with van der Waals surface area (Å²) in [6.07, 6.45) is 2.11. The van der Waals surface area contributed by atoms with Crippen molar-refractivity contribution >= 4 is 35.2 Å². The van der Waals surface area contributed by atoms with Gasteiger partial charge in [0.15, 0.2) is 0 Å². The van der Waals surface area contributed by atoms with Gasteiger partial charge in [-0.05, 0) is 30.5 Å². The van der Waals surface area contributed by atoms with Crippen molar-refractivity contribution in [3.63, 3.8) is 0 Å². The van der Waals surface area contributed by atoms with Crippen molar-refractivity contribution in [1.29, 1.82) is 0 Å². The average Bonchev–Trinajstić information content (AvgIpc) is 2.40. The SMILES string of the molecule is O=C(O)CSCCNC(=O)CCCc1ccc(Cl)cc1. The van der Waals surface area contributed by atoms with Gasteiger partial charge in [-0.25, -0.2) is 0 Å². The van der Waals surface area contributed by atoms with Gasteiger partial charge in [-0.1, -0.05) is 23.7 Å². The van der Waals surface area contributed by atoms with E-state index in [0.717, 1.165) is 12.8 Å². The molecule has 0 unspecified atom stereocenters. The highest BCUT2D eigenvalue weighted by Crippen LogP contribution is 2.11. The highest BCUT2D eigenvalue weighted by atomic mass is 35.5. The Morgan fingerprint density at radius 2 is 1.95 bits per heavy atom. The van der Waals surface area contributed by atoms with Crippen LogP contribution in [0.1, 0.15) is 18.4 Å². The van der Waals surface area contributed by atoms with Gasteiger partial charge in [0.05, 0.1) is 5.75 Å². The van der Waals surface area contributed by atoms with E-state index in [1.54, 1.807) is 0 Å². The Morgan fingerprint density at radius 1 is 1.25 bits per heavy atom. The topological polar surface area (TPSA) is 66.4 Å². The summed E-state index contributed by atoms with van der Waals surface area (Å²) in [4.78, 5) is 21.8. The van der Waals surface area contributed by atoms with E-state index in [9.17, 15) is 9.59 Å². The predicted octanol–water partition coefficient (Wildman–Crippen LogP) is 2.60. The summed E-state index contributed by atoms with van der Waals surface area (Å²) in [5.41, 5.74) is 1.17. The van der Waals surface area contributed by atoms with Gasteiger partial charge in [0.2, 0.25) is 5.91 Å². The number of benzene rings is 1. The maximum absolute atomic E-state index is 11.5. The van der Waals surface area contributed by atoms with Gasteiger partial charge in [0.1, 0.15) is 0 Å². The number of halogens is 1. The molecule has 110 valence electrons. The lowest BCUT2D eigenvalue weighted by atomic mass is 10.1. The van der Waals surface area contributed by atoms with Gasteiger partial charge < -0.3 is 10.4 Å². The molecule has 0 fully saturated rings. The molecule has 0 radical (unpaired) electrons. The van der Waals surface area contributed by atoms with Crippen LogP contribution in [0.2, 0.25) is 5.02 Å². The molecule has 0 saturated carbocycles. The minimum atomic E-state index is -0.829. The zero-order valence-electron chi connectivity index (χ0n) is 11.1. The number of carboxylic acid groups (broad SMARTS) is 1. The van der Waals surface area contributed by atoms with Gasteiger partial charge >= 0.3 is 5.97 Å². The maximum atomic E-state index is 11.5. The highest BCUT2D eigenvalue weighted by Gasteiger charge is 2.02. The number of amides is 1. The second kappa shape index (κ2) is 9.66. The molecule has 1 aromatic rings. The number of carbonyl (C=O) groups is 2. The van der Waals surface area contributed by atoms with Crippen LogP contribution in [0.3, 0.4) is 0 Å². The van der Waals surface area contributed by atoms with Gasteiger partial charge in [0, 0.05) is 23.7 Å². The van der Waals surface area contributed by atoms with Crippen LogP contribution in [-0.2, 0) is 16.0 Å². The van der Waals surface area contributed by atoms with Crippen LogP contribution in [-0.4, -0.2) is 35.0 Å². The average molecular weight is 316 g/mol. The molecule has 0 aliphatic heterocycles. The van der Waals surface area contributed by atoms with Crippen molar-refractivity contribution in [3.05, 3.63) is 34.9 Å². The molecular weight excluding hydrogens is 298 g/mol. The van der Waals surface area contributed by atoms with Crippen LogP contribution in [0.15, 0.2) is 24.3 Å². The number of thioether (sulfide) groups is 1. The van der Waals surface area contributed by atoms with Crippen LogP contribution in [0, 0.1) is 0 Å². The Morgan fingerprint density at radius 3 is 2.60 bits per heavy atom. The molecule has 2 N–H and O–H groups in total. The van der Waals surface area contributed by atoms with Crippen molar-refractivity contribution in [2.75, 3.05) is 18.1 Å². The van der Waals surface area contributed by atoms with Crippen molar-refractivity contribution in [1.82, 2.24) is 5.32 Å². The molecule has 0 aliphatic carbocycles. The van der Waals surface area contributed by atoms with Crippen LogP contribution in [0.4, 0.5) is 0 Å². The Labute approximate surface area is 127 Å². The van der Waals surface area contributed by atoms with E-state index < -0.39 is 5.97 Å². The fourth-order valence-electron chi connectivity index (χ4n) is 1.61. The standard InChI is InChI=1S/C14H18ClNO3S/c15-12-6-4-11(5-7-12)2-1-3-13(17)16-8-9-20-10-14(18)19/h4-7H,1-3,8-10H2,(H,16,17)(H,18,19). The van der Waals surface area contributed by atoms with E-state index in [4.69, 9.17) is 16.7 Å². The zero-order chi connectivity index (χ0) is 14.8. The molecule has 4 nitrogen and oxygen atoms in total. The van der Waals surface area contributed by atoms with E-state index in [2.05, 4.69) is 5.32 Å². The lowest BCUT2D eigenvalue weighted by Gasteiger charge is -2.05. The Kier molecular flexibility index (Phi) is 8.14. The van der Waals surface area contributed by atoms with E-state index >= 15 is 0 Å². The molecule has 1 amide bonds. The predicted molar refractivity (Wildman–Crippen MR) is 82.4 cm³/mol. The van der Waals surface area contributed by atoms with E-state index in [1.807, 2.05) is 24.3 Å². The Balaban J connectivity index is 2.05. The second-order valence-corrected chi connectivity index (χ2v) is 5.82. The molecular formula is C14H18ClNO3S. The Hall–Kier alpha value is -1.20. The molecule has 0 atom stereocenters. The molecule has 6 heteroatoms. The lowest BCUT2D eigenvalue weighted by molar-refractivity contribution is -0.133. The van der Waals surface area contributed by atoms with Crippen LogP contribution in [0.25, 0.3) is 0 Å². The minimum absolute atomic E-state index is 0.00916. The summed E-state index contributed by atoms with van der Waals surface area (Å²) < 4.78 is 0. The maximum Gasteiger partial charge on any atom is 0.313 e. The lowest BCUT2D eigenvalue weighted by Crippen LogP contribution is -2.25. The second-order valence-electron chi connectivity index (χ2n) is 4.28. The number of hydrogen-bond acceptors (Lipinski definition) is 3. The fraction of sp³-hybridized carbons (Fsp3) is 0.429. The van der Waals surface area contributed by atoms with Crippen LogP contribution in [0.5, 0.6) is 0 Å². The molecule has 20 heavy (non-hydrogen) atoms. The molecule has 1 rings (SSSR count). The molecule has 0 spiro atoms. The number of aryl methyl sites for hydroxylation is 1. The summed E-state index contributed by atoms with van der Waals surface area (Å²) in [5.74, 6) is -0.124. The number of rotatable bonds is 9. The van der Waals surface area contributed by atoms with Gasteiger partial charge in [0.25, 0.3) is 0 Å². The molecule has 0 aromatic heterocycles. The summed E-state index contributed by atoms with van der Waals surface area (Å²) in [7, 11) is 0. The van der Waals surface area contributed by atoms with Crippen LogP contribution < -0.4 is 5.32 Å². The first-order valence-electron chi connectivity index (χ1n) is 6.38. The molecule has 0 heterocycles. The third kappa shape index (κ3) is 8.07. The normalized spacial score (nSPS) is 10.2. The largest absolute Gasteiger partial charge is 0.481 e. The molecule has 1 aromatic carbocycles. The summed E-state index contributed by atoms with van der Waals surface area (Å²) >= 11 is 7.09. The summed E-state index contributed by atoms with van der Waals surface area (Å²) in [5, 5.41) is 11.9. The van der Waals surface area contributed by atoms with E-state index in [1.165, 1.54) is 17.3 Å². The number of nitrogens with one attached hydrogen (secondary N) is 1. The third-order valence-corrected chi connectivity index (χ3v) is 3.77. The quantitative estimate of drug-likeness (QED) is 0.687. The third-order valence-electron chi connectivity index (χ3n) is 2.58. The number of carboxylic acids is 1. The van der Waals surface area contributed by atoms with Crippen LogP contribution >= 0.6 is 23.4 Å². The number of hydrogen-bond donors (Lipinski definition) is 2. The zero-order valence-corrected chi connectivity index (χ0v) is 12.7. The Bertz CT molecular complexity index is 437. The van der Waals surface area contributed by atoms with Crippen molar-refractivity contribution in [3.8, 4) is 0 Å². The van der Waals surface area contributed by atoms with Gasteiger partial charge in [-0.2, -0.15) is 0 Å². The smallest absolute Gasteiger partial charge is 0.313 e. The monoisotopic (exact) mass is 315 g/mol. The first kappa shape index (κ1) is 16.9. The van der Waals surface area contributed by atoms with Crippen molar-refractivity contribution < 1.29 is 14.7 Å². The van der Waals surface area contributed by atoms with Crippen molar-refractivity contribution in [2.45, 2.75) is 19.3 Å². The van der Waals surface area contributed by atoms with Crippen molar-refractivity contribution in [2.24, 2.45) is 0 Å². The van der Waals surface area contributed by atoms with E-state index in [-0.39, 0.29) is 11.7 Å². The first-order chi connectivity index (χ1) is 9.58. The van der Waals surface area contributed by atoms with E-state index in [0.29, 0.717) is 23.7 Å². The first-order valence-corrected chi connectivity index (χ1v) is 7.92.